The number of para-hydroxylation sites is 2. The maximum atomic E-state index is 9.53. The van der Waals surface area contributed by atoms with Crippen LogP contribution in [-0.2, 0) is 0 Å². The largest absolute Gasteiger partial charge is 0.394 e. The molecule has 0 aliphatic rings. The Morgan fingerprint density at radius 3 is 2.88 bits per heavy atom. The molecule has 17 heavy (non-hydrogen) atoms. The summed E-state index contributed by atoms with van der Waals surface area (Å²) in [5.74, 6) is 0. The molecule has 2 rings (SSSR count). The molecule has 0 bridgehead atoms. The summed E-state index contributed by atoms with van der Waals surface area (Å²) in [5, 5.41) is 9.53. The molecule has 1 heterocycles. The lowest BCUT2D eigenvalue weighted by Crippen LogP contribution is -2.34. The van der Waals surface area contributed by atoms with E-state index in [0.717, 1.165) is 23.9 Å². The van der Waals surface area contributed by atoms with Crippen LogP contribution >= 0.6 is 0 Å². The Morgan fingerprint density at radius 2 is 2.18 bits per heavy atom. The zero-order chi connectivity index (χ0) is 12.3. The second kappa shape index (κ2) is 5.29. The van der Waals surface area contributed by atoms with Crippen molar-refractivity contribution in [3.8, 4) is 0 Å². The van der Waals surface area contributed by atoms with Crippen LogP contribution in [0.2, 0.25) is 0 Å². The molecule has 3 N–H and O–H groups in total. The van der Waals surface area contributed by atoms with Gasteiger partial charge in [0.1, 0.15) is 0 Å². The Balaban J connectivity index is 2.36. The van der Waals surface area contributed by atoms with Crippen LogP contribution in [0.15, 0.2) is 30.6 Å². The van der Waals surface area contributed by atoms with Crippen LogP contribution in [0.3, 0.4) is 0 Å². The molecule has 0 aliphatic heterocycles. The standard InChI is InChI=1S/C13H19N3O/c1-2-5-10(14)13(8-17)16-9-15-11-6-3-4-7-12(11)16/h3-4,6-7,9-10,13,17H,2,5,8,14H2,1H3. The van der Waals surface area contributed by atoms with Crippen molar-refractivity contribution in [2.24, 2.45) is 5.73 Å². The molecule has 0 saturated heterocycles. The van der Waals surface area contributed by atoms with Crippen LogP contribution in [-0.4, -0.2) is 27.3 Å². The molecular formula is C13H19N3O. The molecule has 0 saturated carbocycles. The summed E-state index contributed by atoms with van der Waals surface area (Å²) >= 11 is 0. The van der Waals surface area contributed by atoms with Gasteiger partial charge < -0.3 is 15.4 Å². The van der Waals surface area contributed by atoms with Gasteiger partial charge >= 0.3 is 0 Å². The van der Waals surface area contributed by atoms with Gasteiger partial charge in [-0.2, -0.15) is 0 Å². The fourth-order valence-electron chi connectivity index (χ4n) is 2.20. The van der Waals surface area contributed by atoms with Crippen LogP contribution in [0.4, 0.5) is 0 Å². The molecule has 92 valence electrons. The molecule has 4 heteroatoms. The van der Waals surface area contributed by atoms with Crippen molar-refractivity contribution < 1.29 is 5.11 Å². The van der Waals surface area contributed by atoms with E-state index < -0.39 is 0 Å². The van der Waals surface area contributed by atoms with Gasteiger partial charge in [-0.3, -0.25) is 0 Å². The monoisotopic (exact) mass is 233 g/mol. The Labute approximate surface area is 101 Å². The van der Waals surface area contributed by atoms with Crippen LogP contribution in [0.1, 0.15) is 25.8 Å². The summed E-state index contributed by atoms with van der Waals surface area (Å²) in [6.07, 6.45) is 3.68. The first kappa shape index (κ1) is 12.1. The predicted octanol–water partition coefficient (Wildman–Crippen LogP) is 1.70. The van der Waals surface area contributed by atoms with Gasteiger partial charge in [-0.25, -0.2) is 4.98 Å². The van der Waals surface area contributed by atoms with Gasteiger partial charge in [0.2, 0.25) is 0 Å². The lowest BCUT2D eigenvalue weighted by molar-refractivity contribution is 0.205. The Bertz CT molecular complexity index is 480. The normalized spacial score (nSPS) is 15.0. The highest BCUT2D eigenvalue weighted by atomic mass is 16.3. The van der Waals surface area contributed by atoms with E-state index in [1.807, 2.05) is 28.8 Å². The molecule has 2 atom stereocenters. The van der Waals surface area contributed by atoms with E-state index in [4.69, 9.17) is 5.73 Å². The van der Waals surface area contributed by atoms with Crippen molar-refractivity contribution in [2.45, 2.75) is 31.8 Å². The number of hydrogen-bond donors (Lipinski definition) is 2. The SMILES string of the molecule is CCCC(N)C(CO)n1cnc2ccccc21. The highest BCUT2D eigenvalue weighted by Crippen LogP contribution is 2.20. The average Bonchev–Trinajstić information content (AvgIpc) is 2.75. The average molecular weight is 233 g/mol. The topological polar surface area (TPSA) is 64.1 Å². The maximum Gasteiger partial charge on any atom is 0.0962 e. The molecule has 2 aromatic rings. The number of aliphatic hydroxyl groups is 1. The molecule has 0 spiro atoms. The number of nitrogens with two attached hydrogens (primary N) is 1. The summed E-state index contributed by atoms with van der Waals surface area (Å²) in [7, 11) is 0. The minimum atomic E-state index is -0.0950. The van der Waals surface area contributed by atoms with Crippen molar-refractivity contribution in [3.63, 3.8) is 0 Å². The zero-order valence-electron chi connectivity index (χ0n) is 10.1. The van der Waals surface area contributed by atoms with E-state index >= 15 is 0 Å². The molecular weight excluding hydrogens is 214 g/mol. The van der Waals surface area contributed by atoms with Crippen LogP contribution in [0.25, 0.3) is 11.0 Å². The molecule has 0 radical (unpaired) electrons. The summed E-state index contributed by atoms with van der Waals surface area (Å²) < 4.78 is 1.98. The first-order chi connectivity index (χ1) is 8.27. The minimum Gasteiger partial charge on any atom is -0.394 e. The first-order valence-electron chi connectivity index (χ1n) is 6.06. The number of fused-ring (bicyclic) bond motifs is 1. The van der Waals surface area contributed by atoms with Gasteiger partial charge in [-0.1, -0.05) is 25.5 Å². The van der Waals surface area contributed by atoms with Gasteiger partial charge in [0.25, 0.3) is 0 Å². The second-order valence-electron chi connectivity index (χ2n) is 4.34. The smallest absolute Gasteiger partial charge is 0.0962 e. The molecule has 0 amide bonds. The fraction of sp³-hybridized carbons (Fsp3) is 0.462. The van der Waals surface area contributed by atoms with E-state index in [2.05, 4.69) is 11.9 Å². The third kappa shape index (κ3) is 2.33. The third-order valence-corrected chi connectivity index (χ3v) is 3.14. The van der Waals surface area contributed by atoms with Gasteiger partial charge in [0, 0.05) is 6.04 Å². The molecule has 1 aromatic heterocycles. The lowest BCUT2D eigenvalue weighted by Gasteiger charge is -2.23. The minimum absolute atomic E-state index is 0.0393. The number of benzene rings is 1. The second-order valence-corrected chi connectivity index (χ2v) is 4.34. The third-order valence-electron chi connectivity index (χ3n) is 3.14. The first-order valence-corrected chi connectivity index (χ1v) is 6.06. The number of aromatic nitrogens is 2. The van der Waals surface area contributed by atoms with Crippen molar-refractivity contribution in [2.75, 3.05) is 6.61 Å². The number of aliphatic hydroxyl groups excluding tert-OH is 1. The number of nitrogens with zero attached hydrogens (tertiary/aromatic N) is 2. The molecule has 4 nitrogen and oxygen atoms in total. The number of imidazole rings is 1. The zero-order valence-corrected chi connectivity index (χ0v) is 10.1. The summed E-state index contributed by atoms with van der Waals surface area (Å²) in [5.41, 5.74) is 8.08. The quantitative estimate of drug-likeness (QED) is 0.826. The van der Waals surface area contributed by atoms with Crippen LogP contribution in [0.5, 0.6) is 0 Å². The van der Waals surface area contributed by atoms with Gasteiger partial charge in [0.15, 0.2) is 0 Å². The highest BCUT2D eigenvalue weighted by molar-refractivity contribution is 5.75. The van der Waals surface area contributed by atoms with Crippen molar-refractivity contribution in [1.82, 2.24) is 9.55 Å². The Hall–Kier alpha value is -1.39. The van der Waals surface area contributed by atoms with E-state index in [9.17, 15) is 5.11 Å². The van der Waals surface area contributed by atoms with Crippen molar-refractivity contribution in [3.05, 3.63) is 30.6 Å². The molecule has 2 unspecified atom stereocenters. The predicted molar refractivity (Wildman–Crippen MR) is 68.7 cm³/mol. The molecule has 0 fully saturated rings. The number of hydrogen-bond acceptors (Lipinski definition) is 3. The number of rotatable bonds is 5. The van der Waals surface area contributed by atoms with Crippen molar-refractivity contribution in [1.29, 1.82) is 0 Å². The summed E-state index contributed by atoms with van der Waals surface area (Å²) in [4.78, 5) is 4.33. The van der Waals surface area contributed by atoms with Crippen molar-refractivity contribution >= 4 is 11.0 Å². The lowest BCUT2D eigenvalue weighted by atomic mass is 10.0. The van der Waals surface area contributed by atoms with E-state index in [1.165, 1.54) is 0 Å². The molecule has 1 aromatic carbocycles. The Kier molecular flexibility index (Phi) is 3.76. The summed E-state index contributed by atoms with van der Waals surface area (Å²) in [6.45, 7) is 2.14. The van der Waals surface area contributed by atoms with E-state index in [-0.39, 0.29) is 18.7 Å². The van der Waals surface area contributed by atoms with Gasteiger partial charge in [0.05, 0.1) is 30.0 Å². The highest BCUT2D eigenvalue weighted by Gasteiger charge is 2.19. The molecule has 0 aliphatic carbocycles. The summed E-state index contributed by atoms with van der Waals surface area (Å²) in [6, 6.07) is 7.76. The Morgan fingerprint density at radius 1 is 1.41 bits per heavy atom. The van der Waals surface area contributed by atoms with Gasteiger partial charge in [-0.15, -0.1) is 0 Å². The maximum absolute atomic E-state index is 9.53. The van der Waals surface area contributed by atoms with Crippen LogP contribution < -0.4 is 5.73 Å². The van der Waals surface area contributed by atoms with E-state index in [0.29, 0.717) is 0 Å². The van der Waals surface area contributed by atoms with Crippen LogP contribution in [0, 0.1) is 0 Å². The fourth-order valence-corrected chi connectivity index (χ4v) is 2.20. The van der Waals surface area contributed by atoms with E-state index in [1.54, 1.807) is 6.33 Å². The van der Waals surface area contributed by atoms with Gasteiger partial charge in [-0.05, 0) is 18.6 Å².